The minimum Gasteiger partial charge on any atom is -0.355 e. The number of carbonyl (C=O) groups excluding carboxylic acids is 1. The van der Waals surface area contributed by atoms with Crippen LogP contribution in [0.25, 0.3) is 0 Å². The van der Waals surface area contributed by atoms with Gasteiger partial charge in [0.05, 0.1) is 10.9 Å². The molecule has 1 aromatic carbocycles. The molecule has 0 heterocycles. The predicted octanol–water partition coefficient (Wildman–Crippen LogP) is 2.71. The zero-order valence-corrected chi connectivity index (χ0v) is 16.0. The molecule has 118 valence electrons. The van der Waals surface area contributed by atoms with Crippen LogP contribution in [0.5, 0.6) is 0 Å². The van der Waals surface area contributed by atoms with Crippen molar-refractivity contribution >= 4 is 47.8 Å². The molecule has 1 aromatic rings. The lowest BCUT2D eigenvalue weighted by Gasteiger charge is -2.15. The SMILES string of the molecule is CCCNC(=O)C(C)NS(=O)(=O)c1cc(Br)c(C)cc1Br. The molecular formula is C13H18Br2N2O3S. The molecule has 0 aliphatic rings. The van der Waals surface area contributed by atoms with Gasteiger partial charge < -0.3 is 5.32 Å². The molecule has 5 nitrogen and oxygen atoms in total. The zero-order valence-electron chi connectivity index (χ0n) is 12.0. The quantitative estimate of drug-likeness (QED) is 0.712. The highest BCUT2D eigenvalue weighted by Crippen LogP contribution is 2.28. The molecule has 8 heteroatoms. The summed E-state index contributed by atoms with van der Waals surface area (Å²) in [6.45, 7) is 5.82. The number of nitrogens with one attached hydrogen (secondary N) is 2. The third-order valence-corrected chi connectivity index (χ3v) is 6.13. The van der Waals surface area contributed by atoms with Crippen molar-refractivity contribution in [3.8, 4) is 0 Å². The van der Waals surface area contributed by atoms with E-state index in [1.165, 1.54) is 13.0 Å². The van der Waals surface area contributed by atoms with Crippen LogP contribution in [-0.2, 0) is 14.8 Å². The first-order valence-corrected chi connectivity index (χ1v) is 9.51. The number of hydrogen-bond donors (Lipinski definition) is 2. The van der Waals surface area contributed by atoms with Gasteiger partial charge in [-0.25, -0.2) is 8.42 Å². The van der Waals surface area contributed by atoms with Crippen molar-refractivity contribution in [3.63, 3.8) is 0 Å². The van der Waals surface area contributed by atoms with E-state index in [9.17, 15) is 13.2 Å². The van der Waals surface area contributed by atoms with Crippen LogP contribution in [0.1, 0.15) is 25.8 Å². The molecule has 0 saturated heterocycles. The van der Waals surface area contributed by atoms with Crippen LogP contribution < -0.4 is 10.0 Å². The Morgan fingerprint density at radius 1 is 1.29 bits per heavy atom. The van der Waals surface area contributed by atoms with E-state index in [1.54, 1.807) is 6.07 Å². The van der Waals surface area contributed by atoms with E-state index >= 15 is 0 Å². The monoisotopic (exact) mass is 440 g/mol. The smallest absolute Gasteiger partial charge is 0.242 e. The molecule has 21 heavy (non-hydrogen) atoms. The van der Waals surface area contributed by atoms with Gasteiger partial charge in [-0.05, 0) is 53.9 Å². The van der Waals surface area contributed by atoms with Gasteiger partial charge in [-0.3, -0.25) is 4.79 Å². The average Bonchev–Trinajstić information content (AvgIpc) is 2.39. The maximum Gasteiger partial charge on any atom is 0.242 e. The van der Waals surface area contributed by atoms with Gasteiger partial charge in [0.25, 0.3) is 0 Å². The third-order valence-electron chi connectivity index (χ3n) is 2.78. The van der Waals surface area contributed by atoms with Gasteiger partial charge in [0.1, 0.15) is 0 Å². The Kier molecular flexibility index (Phi) is 6.83. The molecule has 0 radical (unpaired) electrons. The Hall–Kier alpha value is -0.440. The Labute approximate surface area is 142 Å². The first kappa shape index (κ1) is 18.6. The van der Waals surface area contributed by atoms with Crippen LogP contribution in [0.2, 0.25) is 0 Å². The van der Waals surface area contributed by atoms with Gasteiger partial charge in [-0.1, -0.05) is 22.9 Å². The molecule has 1 rings (SSSR count). The van der Waals surface area contributed by atoms with E-state index in [0.717, 1.165) is 12.0 Å². The molecule has 2 N–H and O–H groups in total. The minimum atomic E-state index is -3.79. The lowest BCUT2D eigenvalue weighted by molar-refractivity contribution is -0.122. The Morgan fingerprint density at radius 2 is 1.90 bits per heavy atom. The summed E-state index contributed by atoms with van der Waals surface area (Å²) in [6, 6.07) is 2.38. The minimum absolute atomic E-state index is 0.0927. The number of hydrogen-bond acceptors (Lipinski definition) is 3. The van der Waals surface area contributed by atoms with Gasteiger partial charge in [-0.15, -0.1) is 0 Å². The topological polar surface area (TPSA) is 75.3 Å². The summed E-state index contributed by atoms with van der Waals surface area (Å²) < 4.78 is 28.2. The summed E-state index contributed by atoms with van der Waals surface area (Å²) in [4.78, 5) is 11.9. The molecule has 0 bridgehead atoms. The average molecular weight is 442 g/mol. The van der Waals surface area contributed by atoms with Crippen LogP contribution in [0.3, 0.4) is 0 Å². The second-order valence-electron chi connectivity index (χ2n) is 4.67. The van der Waals surface area contributed by atoms with Gasteiger partial charge in [0, 0.05) is 15.5 Å². The Bertz CT molecular complexity index is 633. The Balaban J connectivity index is 2.97. The number of halogens is 2. The normalized spacial score (nSPS) is 13.0. The lowest BCUT2D eigenvalue weighted by atomic mass is 10.2. The van der Waals surface area contributed by atoms with Gasteiger partial charge in [0.15, 0.2) is 0 Å². The van der Waals surface area contributed by atoms with E-state index in [-0.39, 0.29) is 10.8 Å². The summed E-state index contributed by atoms with van der Waals surface area (Å²) in [5, 5.41) is 2.65. The third kappa shape index (κ3) is 5.05. The fourth-order valence-electron chi connectivity index (χ4n) is 1.58. The number of sulfonamides is 1. The van der Waals surface area contributed by atoms with E-state index in [0.29, 0.717) is 15.5 Å². The standard InChI is InChI=1S/C13H18Br2N2O3S/c1-4-5-16-13(18)9(3)17-21(19,20)12-7-10(14)8(2)6-11(12)15/h6-7,9,17H,4-5H2,1-3H3,(H,16,18). The number of amides is 1. The fourth-order valence-corrected chi connectivity index (χ4v) is 4.47. The molecule has 0 spiro atoms. The van der Waals surface area contributed by atoms with Crippen LogP contribution in [0.15, 0.2) is 26.0 Å². The van der Waals surface area contributed by atoms with E-state index in [2.05, 4.69) is 41.9 Å². The van der Waals surface area contributed by atoms with Crippen molar-refractivity contribution in [2.75, 3.05) is 6.54 Å². The fraction of sp³-hybridized carbons (Fsp3) is 0.462. The molecule has 0 aromatic heterocycles. The van der Waals surface area contributed by atoms with Crippen molar-refractivity contribution in [1.29, 1.82) is 0 Å². The van der Waals surface area contributed by atoms with Gasteiger partial charge >= 0.3 is 0 Å². The molecule has 1 amide bonds. The van der Waals surface area contributed by atoms with Crippen LogP contribution >= 0.6 is 31.9 Å². The lowest BCUT2D eigenvalue weighted by Crippen LogP contribution is -2.44. The van der Waals surface area contributed by atoms with Crippen LogP contribution in [-0.4, -0.2) is 26.9 Å². The molecular weight excluding hydrogens is 424 g/mol. The first-order chi connectivity index (χ1) is 9.69. The number of rotatable bonds is 6. The van der Waals surface area contributed by atoms with Crippen LogP contribution in [0.4, 0.5) is 0 Å². The molecule has 1 unspecified atom stereocenters. The highest BCUT2D eigenvalue weighted by atomic mass is 79.9. The second-order valence-corrected chi connectivity index (χ2v) is 8.06. The predicted molar refractivity (Wildman–Crippen MR) is 89.7 cm³/mol. The van der Waals surface area contributed by atoms with E-state index in [1.807, 2.05) is 13.8 Å². The number of carbonyl (C=O) groups is 1. The van der Waals surface area contributed by atoms with Crippen molar-refractivity contribution < 1.29 is 13.2 Å². The van der Waals surface area contributed by atoms with E-state index < -0.39 is 16.1 Å². The molecule has 0 aliphatic heterocycles. The van der Waals surface area contributed by atoms with E-state index in [4.69, 9.17) is 0 Å². The maximum atomic E-state index is 12.4. The summed E-state index contributed by atoms with van der Waals surface area (Å²) in [5.74, 6) is -0.345. The molecule has 0 aliphatic carbocycles. The largest absolute Gasteiger partial charge is 0.355 e. The Morgan fingerprint density at radius 3 is 2.48 bits per heavy atom. The highest BCUT2D eigenvalue weighted by Gasteiger charge is 2.24. The summed E-state index contributed by atoms with van der Waals surface area (Å²) in [5.41, 5.74) is 0.912. The van der Waals surface area contributed by atoms with Crippen molar-refractivity contribution in [2.24, 2.45) is 0 Å². The highest BCUT2D eigenvalue weighted by molar-refractivity contribution is 9.11. The molecule has 0 fully saturated rings. The summed E-state index contributed by atoms with van der Waals surface area (Å²) >= 11 is 6.56. The number of benzene rings is 1. The van der Waals surface area contributed by atoms with Gasteiger partial charge in [0.2, 0.25) is 15.9 Å². The molecule has 0 saturated carbocycles. The first-order valence-electron chi connectivity index (χ1n) is 6.44. The van der Waals surface area contributed by atoms with Crippen molar-refractivity contribution in [2.45, 2.75) is 38.1 Å². The second kappa shape index (κ2) is 7.71. The van der Waals surface area contributed by atoms with Crippen molar-refractivity contribution in [1.82, 2.24) is 10.0 Å². The maximum absolute atomic E-state index is 12.4. The van der Waals surface area contributed by atoms with Crippen LogP contribution in [0, 0.1) is 6.92 Å². The van der Waals surface area contributed by atoms with Gasteiger partial charge in [-0.2, -0.15) is 4.72 Å². The molecule has 1 atom stereocenters. The van der Waals surface area contributed by atoms with Crippen molar-refractivity contribution in [3.05, 3.63) is 26.6 Å². The summed E-state index contributed by atoms with van der Waals surface area (Å²) in [6.07, 6.45) is 0.793. The number of aryl methyl sites for hydroxylation is 1. The zero-order chi connectivity index (χ0) is 16.2. The summed E-state index contributed by atoms with van der Waals surface area (Å²) in [7, 11) is -3.79.